The average molecular weight is 449 g/mol. The molecule has 10 nitrogen and oxygen atoms in total. The van der Waals surface area contributed by atoms with Gasteiger partial charge >= 0.3 is 0 Å². The summed E-state index contributed by atoms with van der Waals surface area (Å²) in [5, 5.41) is 20.6. The number of pyridine rings is 1. The minimum Gasteiger partial charge on any atom is -0.497 e. The van der Waals surface area contributed by atoms with Gasteiger partial charge in [0.25, 0.3) is 5.91 Å². The van der Waals surface area contributed by atoms with Gasteiger partial charge < -0.3 is 24.7 Å². The Hall–Kier alpha value is -3.97. The van der Waals surface area contributed by atoms with Crippen molar-refractivity contribution in [2.24, 2.45) is 5.10 Å². The van der Waals surface area contributed by atoms with E-state index in [4.69, 9.17) is 14.9 Å². The Morgan fingerprint density at radius 1 is 1.27 bits per heavy atom. The predicted molar refractivity (Wildman–Crippen MR) is 123 cm³/mol. The summed E-state index contributed by atoms with van der Waals surface area (Å²) in [4.78, 5) is 22.1. The molecule has 1 amide bonds. The van der Waals surface area contributed by atoms with Gasteiger partial charge in [0.05, 0.1) is 19.8 Å². The lowest BCUT2D eigenvalue weighted by atomic mass is 10.1. The van der Waals surface area contributed by atoms with Crippen LogP contribution in [0.1, 0.15) is 28.8 Å². The van der Waals surface area contributed by atoms with Crippen molar-refractivity contribution in [3.05, 3.63) is 41.6 Å². The van der Waals surface area contributed by atoms with Gasteiger partial charge in [-0.05, 0) is 31.0 Å². The van der Waals surface area contributed by atoms with Gasteiger partial charge in [-0.3, -0.25) is 4.79 Å². The molecule has 2 saturated heterocycles. The van der Waals surface area contributed by atoms with E-state index in [-0.39, 0.29) is 18.0 Å². The number of ether oxygens (including phenoxy) is 2. The maximum Gasteiger partial charge on any atom is 0.260 e. The summed E-state index contributed by atoms with van der Waals surface area (Å²) in [6, 6.07) is 9.27. The normalized spacial score (nSPS) is 19.4. The van der Waals surface area contributed by atoms with Crippen molar-refractivity contribution in [1.82, 2.24) is 9.88 Å². The zero-order valence-electron chi connectivity index (χ0n) is 18.6. The molecule has 0 saturated carbocycles. The van der Waals surface area contributed by atoms with Crippen molar-refractivity contribution < 1.29 is 19.7 Å². The van der Waals surface area contributed by atoms with Crippen molar-refractivity contribution in [3.8, 4) is 17.6 Å². The number of amides is 1. The minimum absolute atomic E-state index is 0.0730. The highest BCUT2D eigenvalue weighted by molar-refractivity contribution is 6.14. The molecule has 0 spiro atoms. The van der Waals surface area contributed by atoms with Crippen LogP contribution in [0.3, 0.4) is 0 Å². The van der Waals surface area contributed by atoms with Gasteiger partial charge in [0.1, 0.15) is 23.6 Å². The summed E-state index contributed by atoms with van der Waals surface area (Å²) in [6.07, 6.45) is 5.92. The molecule has 2 unspecified atom stereocenters. The Bertz CT molecular complexity index is 1110. The fourth-order valence-corrected chi connectivity index (χ4v) is 4.63. The van der Waals surface area contributed by atoms with E-state index >= 15 is 0 Å². The number of hydrogen-bond acceptors (Lipinski definition) is 8. The van der Waals surface area contributed by atoms with Crippen LogP contribution in [-0.4, -0.2) is 67.6 Å². The number of piperazine rings is 1. The molecule has 10 heteroatoms. The van der Waals surface area contributed by atoms with Gasteiger partial charge in [-0.2, -0.15) is 10.7 Å². The van der Waals surface area contributed by atoms with Crippen molar-refractivity contribution >= 4 is 29.8 Å². The Kier molecular flexibility index (Phi) is 6.51. The van der Waals surface area contributed by atoms with Crippen LogP contribution in [0.5, 0.6) is 11.5 Å². The number of methoxy groups -OCH3 is 2. The summed E-state index contributed by atoms with van der Waals surface area (Å²) in [7, 11) is 3.12. The Morgan fingerprint density at radius 2 is 2.03 bits per heavy atom. The molecule has 4 rings (SSSR count). The van der Waals surface area contributed by atoms with E-state index in [1.807, 2.05) is 4.90 Å². The molecule has 2 fully saturated rings. The number of quaternary nitrogens is 1. The van der Waals surface area contributed by atoms with Gasteiger partial charge in [-0.15, -0.1) is 0 Å². The highest BCUT2D eigenvalue weighted by Gasteiger charge is 2.44. The maximum absolute atomic E-state index is 13.5. The molecule has 0 aliphatic carbocycles. The second-order valence-electron chi connectivity index (χ2n) is 7.88. The van der Waals surface area contributed by atoms with Gasteiger partial charge in [-0.1, -0.05) is 5.10 Å². The fourth-order valence-electron chi connectivity index (χ4n) is 4.63. The number of fused-ring (bicyclic) bond motifs is 2. The number of benzene rings is 1. The third kappa shape index (κ3) is 4.23. The van der Waals surface area contributed by atoms with Crippen LogP contribution in [0.4, 0.5) is 11.5 Å². The summed E-state index contributed by atoms with van der Waals surface area (Å²) in [5.41, 5.74) is 3.18. The maximum atomic E-state index is 13.5. The SMILES string of the molecule is COc1ccc(C(=O)N2CC3CCC(C2)N3c2nccc(C#N)c2OC)c([NH2+]N=CC=N)c1. The highest BCUT2D eigenvalue weighted by Crippen LogP contribution is 2.40. The highest BCUT2D eigenvalue weighted by atomic mass is 16.5. The fraction of sp³-hybridized carbons (Fsp3) is 0.348. The first-order valence-electron chi connectivity index (χ1n) is 10.7. The second kappa shape index (κ2) is 9.67. The first-order chi connectivity index (χ1) is 16.1. The molecule has 3 heterocycles. The summed E-state index contributed by atoms with van der Waals surface area (Å²) >= 11 is 0. The molecular formula is C23H26N7O3+. The van der Waals surface area contributed by atoms with Gasteiger partial charge in [-0.25, -0.2) is 4.98 Å². The van der Waals surface area contributed by atoms with Crippen molar-refractivity contribution in [1.29, 1.82) is 10.7 Å². The van der Waals surface area contributed by atoms with Crippen LogP contribution >= 0.6 is 0 Å². The van der Waals surface area contributed by atoms with Crippen molar-refractivity contribution in [2.45, 2.75) is 24.9 Å². The molecule has 2 aliphatic heterocycles. The summed E-state index contributed by atoms with van der Waals surface area (Å²) < 4.78 is 10.8. The number of carbonyl (C=O) groups excluding carboxylic acids is 1. The first-order valence-corrected chi connectivity index (χ1v) is 10.7. The summed E-state index contributed by atoms with van der Waals surface area (Å²) in [5.74, 6) is 1.70. The van der Waals surface area contributed by atoms with E-state index in [9.17, 15) is 10.1 Å². The van der Waals surface area contributed by atoms with Crippen LogP contribution in [0, 0.1) is 16.7 Å². The number of aromatic nitrogens is 1. The van der Waals surface area contributed by atoms with Crippen LogP contribution in [0.25, 0.3) is 0 Å². The molecule has 170 valence electrons. The van der Waals surface area contributed by atoms with E-state index < -0.39 is 0 Å². The zero-order valence-corrected chi connectivity index (χ0v) is 18.6. The molecule has 33 heavy (non-hydrogen) atoms. The van der Waals surface area contributed by atoms with Crippen molar-refractivity contribution in [3.63, 3.8) is 0 Å². The zero-order chi connectivity index (χ0) is 23.4. The third-order valence-electron chi connectivity index (χ3n) is 6.09. The van der Waals surface area contributed by atoms with E-state index in [1.54, 1.807) is 50.1 Å². The molecule has 2 atom stereocenters. The Morgan fingerprint density at radius 3 is 2.67 bits per heavy atom. The lowest BCUT2D eigenvalue weighted by Gasteiger charge is -2.42. The van der Waals surface area contributed by atoms with Crippen LogP contribution in [0.15, 0.2) is 35.6 Å². The molecule has 1 aromatic heterocycles. The molecule has 3 N–H and O–H groups in total. The number of rotatable bonds is 7. The van der Waals surface area contributed by atoms with Gasteiger partial charge in [0.2, 0.25) is 0 Å². The molecule has 0 radical (unpaired) electrons. The number of carbonyl (C=O) groups is 1. The number of nitrogens with two attached hydrogens (primary N) is 1. The number of nitriles is 1. The average Bonchev–Trinajstić information content (AvgIpc) is 3.11. The lowest BCUT2D eigenvalue weighted by Crippen LogP contribution is -2.72. The molecule has 2 aromatic rings. The third-order valence-corrected chi connectivity index (χ3v) is 6.09. The smallest absolute Gasteiger partial charge is 0.260 e. The van der Waals surface area contributed by atoms with E-state index in [0.717, 1.165) is 19.1 Å². The number of nitrogens with zero attached hydrogens (tertiary/aromatic N) is 5. The molecule has 2 bridgehead atoms. The molecule has 1 aromatic carbocycles. The van der Waals surface area contributed by atoms with E-state index in [2.05, 4.69) is 21.1 Å². The molecule has 2 aliphatic rings. The van der Waals surface area contributed by atoms with Gasteiger partial charge in [0.15, 0.2) is 17.3 Å². The number of hydrogen-bond donors (Lipinski definition) is 2. The predicted octanol–water partition coefficient (Wildman–Crippen LogP) is 1.29. The second-order valence-corrected chi connectivity index (χ2v) is 7.88. The number of anilines is 1. The van der Waals surface area contributed by atoms with Crippen LogP contribution in [0.2, 0.25) is 0 Å². The number of likely N-dealkylation sites (tertiary alicyclic amines) is 1. The Balaban J connectivity index is 1.59. The van der Waals surface area contributed by atoms with Crippen molar-refractivity contribution in [2.75, 3.05) is 32.2 Å². The van der Waals surface area contributed by atoms with Gasteiger partial charge in [0, 0.05) is 43.7 Å². The minimum atomic E-state index is -0.0730. The monoisotopic (exact) mass is 448 g/mol. The quantitative estimate of drug-likeness (QED) is 0.284. The first kappa shape index (κ1) is 22.2. The lowest BCUT2D eigenvalue weighted by molar-refractivity contribution is -0.577. The van der Waals surface area contributed by atoms with E-state index in [1.165, 1.54) is 6.21 Å². The largest absolute Gasteiger partial charge is 0.497 e. The standard InChI is InChI=1S/C23H25N7O3/c1-32-18-5-6-19(20(11-18)28-27-10-8-24)23(31)29-13-16-3-4-17(14-29)30(16)22-21(33-2)15(12-25)7-9-26-22/h5-11,16-17,24,28H,3-4,13-14H2,1-2H3/p+1. The number of nitrogens with one attached hydrogen (secondary N) is 1. The van der Waals surface area contributed by atoms with Crippen LogP contribution < -0.4 is 19.8 Å². The van der Waals surface area contributed by atoms with E-state index in [0.29, 0.717) is 47.2 Å². The van der Waals surface area contributed by atoms with Crippen LogP contribution in [-0.2, 0) is 0 Å². The summed E-state index contributed by atoms with van der Waals surface area (Å²) in [6.45, 7) is 1.10. The topological polar surface area (TPSA) is 132 Å². The molecular weight excluding hydrogens is 422 g/mol. The Labute approximate surface area is 191 Å².